The SMILES string of the molecule is Cc1ccc(C(=O)n2cc(CC(N)C(=O)O)c3ccccc32)cc1. The van der Waals surface area contributed by atoms with Crippen LogP contribution in [-0.2, 0) is 11.2 Å². The third kappa shape index (κ3) is 2.94. The quantitative estimate of drug-likeness (QED) is 0.773. The number of nitrogens with zero attached hydrogens (tertiary/aromatic N) is 1. The molecule has 5 heteroatoms. The maximum Gasteiger partial charge on any atom is 0.320 e. The van der Waals surface area contributed by atoms with Crippen molar-refractivity contribution in [1.29, 1.82) is 0 Å². The molecular formula is C19H18N2O3. The second-order valence-corrected chi connectivity index (χ2v) is 5.86. The van der Waals surface area contributed by atoms with Gasteiger partial charge in [0.25, 0.3) is 5.91 Å². The van der Waals surface area contributed by atoms with E-state index in [9.17, 15) is 9.59 Å². The molecule has 3 N–H and O–H groups in total. The fourth-order valence-electron chi connectivity index (χ4n) is 2.74. The van der Waals surface area contributed by atoms with Gasteiger partial charge in [0.1, 0.15) is 6.04 Å². The van der Waals surface area contributed by atoms with Crippen LogP contribution in [0.4, 0.5) is 0 Å². The van der Waals surface area contributed by atoms with E-state index in [0.29, 0.717) is 5.56 Å². The number of hydrogen-bond donors (Lipinski definition) is 2. The Morgan fingerprint density at radius 3 is 2.46 bits per heavy atom. The molecule has 3 aromatic rings. The molecular weight excluding hydrogens is 304 g/mol. The van der Waals surface area contributed by atoms with Gasteiger partial charge in [-0.25, -0.2) is 0 Å². The maximum atomic E-state index is 12.8. The Kier molecular flexibility index (Phi) is 4.18. The van der Waals surface area contributed by atoms with Crippen molar-refractivity contribution in [1.82, 2.24) is 4.57 Å². The molecule has 0 bridgehead atoms. The van der Waals surface area contributed by atoms with Gasteiger partial charge in [-0.2, -0.15) is 0 Å². The Morgan fingerprint density at radius 1 is 1.12 bits per heavy atom. The van der Waals surface area contributed by atoms with Crippen LogP contribution in [-0.4, -0.2) is 27.6 Å². The number of carboxylic acid groups (broad SMARTS) is 1. The van der Waals surface area contributed by atoms with Crippen molar-refractivity contribution in [2.24, 2.45) is 5.73 Å². The molecule has 2 aromatic carbocycles. The van der Waals surface area contributed by atoms with Gasteiger partial charge in [-0.05, 0) is 30.7 Å². The first kappa shape index (κ1) is 16.0. The zero-order valence-electron chi connectivity index (χ0n) is 13.3. The molecule has 1 atom stereocenters. The summed E-state index contributed by atoms with van der Waals surface area (Å²) >= 11 is 0. The Labute approximate surface area is 139 Å². The van der Waals surface area contributed by atoms with Gasteiger partial charge in [-0.1, -0.05) is 35.9 Å². The standard InChI is InChI=1S/C19H18N2O3/c1-12-6-8-13(9-7-12)18(22)21-11-14(10-16(20)19(23)24)15-4-2-3-5-17(15)21/h2-9,11,16H,10,20H2,1H3,(H,23,24). The normalized spacial score (nSPS) is 12.2. The van der Waals surface area contributed by atoms with Gasteiger partial charge >= 0.3 is 5.97 Å². The van der Waals surface area contributed by atoms with E-state index < -0.39 is 12.0 Å². The molecule has 0 saturated heterocycles. The number of aryl methyl sites for hydroxylation is 1. The summed E-state index contributed by atoms with van der Waals surface area (Å²) in [6, 6.07) is 13.8. The van der Waals surface area contributed by atoms with Crippen molar-refractivity contribution in [3.8, 4) is 0 Å². The molecule has 0 amide bonds. The summed E-state index contributed by atoms with van der Waals surface area (Å²) in [6.07, 6.45) is 1.86. The number of benzene rings is 2. The number of nitrogens with two attached hydrogens (primary N) is 1. The van der Waals surface area contributed by atoms with E-state index in [1.165, 1.54) is 0 Å². The van der Waals surface area contributed by atoms with Crippen molar-refractivity contribution in [3.63, 3.8) is 0 Å². The van der Waals surface area contributed by atoms with Crippen LogP contribution >= 0.6 is 0 Å². The number of carbonyl (C=O) groups excluding carboxylic acids is 1. The molecule has 122 valence electrons. The third-order valence-electron chi connectivity index (χ3n) is 4.07. The number of hydrogen-bond acceptors (Lipinski definition) is 3. The number of rotatable bonds is 4. The average Bonchev–Trinajstić information content (AvgIpc) is 2.93. The van der Waals surface area contributed by atoms with E-state index in [2.05, 4.69) is 0 Å². The molecule has 5 nitrogen and oxygen atoms in total. The summed E-state index contributed by atoms with van der Waals surface area (Å²) < 4.78 is 1.56. The number of fused-ring (bicyclic) bond motifs is 1. The van der Waals surface area contributed by atoms with Crippen molar-refractivity contribution >= 4 is 22.8 Å². The van der Waals surface area contributed by atoms with Crippen LogP contribution < -0.4 is 5.73 Å². The largest absolute Gasteiger partial charge is 0.480 e. The van der Waals surface area contributed by atoms with E-state index in [-0.39, 0.29) is 12.3 Å². The number of carboxylic acids is 1. The summed E-state index contributed by atoms with van der Waals surface area (Å²) in [7, 11) is 0. The molecule has 0 aliphatic heterocycles. The molecule has 0 saturated carbocycles. The number of aromatic nitrogens is 1. The van der Waals surface area contributed by atoms with Gasteiger partial charge in [0.2, 0.25) is 0 Å². The molecule has 0 aliphatic rings. The van der Waals surface area contributed by atoms with Gasteiger partial charge in [0.05, 0.1) is 5.52 Å². The van der Waals surface area contributed by atoms with Crippen LogP contribution in [0.15, 0.2) is 54.7 Å². The summed E-state index contributed by atoms with van der Waals surface area (Å²) in [5.41, 5.74) is 8.82. The van der Waals surface area contributed by atoms with Crippen molar-refractivity contribution in [2.75, 3.05) is 0 Å². The highest BCUT2D eigenvalue weighted by Crippen LogP contribution is 2.23. The molecule has 0 spiro atoms. The fraction of sp³-hybridized carbons (Fsp3) is 0.158. The van der Waals surface area contributed by atoms with Crippen LogP contribution in [0.25, 0.3) is 10.9 Å². The third-order valence-corrected chi connectivity index (χ3v) is 4.07. The molecule has 0 radical (unpaired) electrons. The molecule has 1 aromatic heterocycles. The van der Waals surface area contributed by atoms with Gasteiger partial charge in [0.15, 0.2) is 0 Å². The highest BCUT2D eigenvalue weighted by Gasteiger charge is 2.19. The van der Waals surface area contributed by atoms with Gasteiger partial charge in [0, 0.05) is 23.6 Å². The number of aliphatic carboxylic acids is 1. The van der Waals surface area contributed by atoms with Crippen LogP contribution in [0.3, 0.4) is 0 Å². The van der Waals surface area contributed by atoms with Crippen LogP contribution in [0.2, 0.25) is 0 Å². The Morgan fingerprint density at radius 2 is 1.79 bits per heavy atom. The van der Waals surface area contributed by atoms with Gasteiger partial charge < -0.3 is 10.8 Å². The minimum absolute atomic E-state index is 0.152. The minimum atomic E-state index is -1.06. The lowest BCUT2D eigenvalue weighted by Gasteiger charge is -2.05. The van der Waals surface area contributed by atoms with Crippen LogP contribution in [0.1, 0.15) is 21.5 Å². The smallest absolute Gasteiger partial charge is 0.320 e. The second-order valence-electron chi connectivity index (χ2n) is 5.86. The molecule has 24 heavy (non-hydrogen) atoms. The fourth-order valence-corrected chi connectivity index (χ4v) is 2.74. The Hall–Kier alpha value is -2.92. The van der Waals surface area contributed by atoms with E-state index in [0.717, 1.165) is 22.0 Å². The first-order valence-corrected chi connectivity index (χ1v) is 7.66. The van der Waals surface area contributed by atoms with Crippen molar-refractivity contribution < 1.29 is 14.7 Å². The second kappa shape index (κ2) is 6.29. The summed E-state index contributed by atoms with van der Waals surface area (Å²) in [4.78, 5) is 23.9. The monoisotopic (exact) mass is 322 g/mol. The molecule has 1 heterocycles. The summed E-state index contributed by atoms with van der Waals surface area (Å²) in [5.74, 6) is -1.21. The van der Waals surface area contributed by atoms with E-state index in [1.54, 1.807) is 22.9 Å². The Bertz CT molecular complexity index is 910. The maximum absolute atomic E-state index is 12.8. The number of para-hydroxylation sites is 1. The summed E-state index contributed by atoms with van der Waals surface area (Å²) in [6.45, 7) is 1.96. The highest BCUT2D eigenvalue weighted by molar-refractivity contribution is 6.03. The number of carbonyl (C=O) groups is 2. The van der Waals surface area contributed by atoms with Gasteiger partial charge in [-0.15, -0.1) is 0 Å². The van der Waals surface area contributed by atoms with E-state index >= 15 is 0 Å². The predicted molar refractivity (Wildman–Crippen MR) is 92.2 cm³/mol. The molecule has 0 fully saturated rings. The lowest BCUT2D eigenvalue weighted by Crippen LogP contribution is -2.32. The molecule has 3 rings (SSSR count). The molecule has 1 unspecified atom stereocenters. The van der Waals surface area contributed by atoms with Crippen LogP contribution in [0.5, 0.6) is 0 Å². The Balaban J connectivity index is 2.06. The summed E-state index contributed by atoms with van der Waals surface area (Å²) in [5, 5.41) is 9.88. The van der Waals surface area contributed by atoms with E-state index in [1.807, 2.05) is 43.3 Å². The molecule has 0 aliphatic carbocycles. The topological polar surface area (TPSA) is 85.3 Å². The van der Waals surface area contributed by atoms with E-state index in [4.69, 9.17) is 10.8 Å². The first-order chi connectivity index (χ1) is 11.5. The first-order valence-electron chi connectivity index (χ1n) is 7.66. The predicted octanol–water partition coefficient (Wildman–Crippen LogP) is 2.59. The van der Waals surface area contributed by atoms with Crippen LogP contribution in [0, 0.1) is 6.92 Å². The van der Waals surface area contributed by atoms with Crippen molar-refractivity contribution in [3.05, 3.63) is 71.4 Å². The zero-order chi connectivity index (χ0) is 17.3. The highest BCUT2D eigenvalue weighted by atomic mass is 16.4. The average molecular weight is 322 g/mol. The minimum Gasteiger partial charge on any atom is -0.480 e. The zero-order valence-corrected chi connectivity index (χ0v) is 13.3. The van der Waals surface area contributed by atoms with Crippen molar-refractivity contribution in [2.45, 2.75) is 19.4 Å². The van der Waals surface area contributed by atoms with Gasteiger partial charge in [-0.3, -0.25) is 14.2 Å². The lowest BCUT2D eigenvalue weighted by atomic mass is 10.1. The lowest BCUT2D eigenvalue weighted by molar-refractivity contribution is -0.138.